The van der Waals surface area contributed by atoms with Gasteiger partial charge in [-0.1, -0.05) is 11.6 Å². The molecule has 1 aliphatic rings. The summed E-state index contributed by atoms with van der Waals surface area (Å²) in [4.78, 5) is 22.9. The fourth-order valence-corrected chi connectivity index (χ4v) is 2.82. The maximum absolute atomic E-state index is 11.1. The first-order chi connectivity index (χ1) is 7.08. The van der Waals surface area contributed by atoms with Crippen molar-refractivity contribution in [2.75, 3.05) is 0 Å². The molecule has 1 fully saturated rings. The first-order valence-corrected chi connectivity index (χ1v) is 5.55. The van der Waals surface area contributed by atoms with Crippen molar-refractivity contribution in [3.8, 4) is 0 Å². The summed E-state index contributed by atoms with van der Waals surface area (Å²) in [6, 6.07) is 3.01. The number of carbonyl (C=O) groups excluding carboxylic acids is 1. The second-order valence-electron chi connectivity index (χ2n) is 3.34. The molecule has 1 amide bonds. The number of carboxylic acids is 1. The third-order valence-corrected chi connectivity index (χ3v) is 3.66. The average Bonchev–Trinajstić information content (AvgIpc) is 2.71. The third kappa shape index (κ3) is 1.98. The molecule has 0 spiro atoms. The van der Waals surface area contributed by atoms with E-state index in [-0.39, 0.29) is 12.3 Å². The number of thiophene rings is 1. The van der Waals surface area contributed by atoms with Gasteiger partial charge in [0.05, 0.1) is 16.3 Å². The summed E-state index contributed by atoms with van der Waals surface area (Å²) in [7, 11) is 0. The molecule has 1 aromatic rings. The predicted molar refractivity (Wildman–Crippen MR) is 56.0 cm³/mol. The van der Waals surface area contributed by atoms with E-state index in [1.165, 1.54) is 11.3 Å². The van der Waals surface area contributed by atoms with Gasteiger partial charge in [0, 0.05) is 11.3 Å². The largest absolute Gasteiger partial charge is 0.481 e. The van der Waals surface area contributed by atoms with E-state index in [4.69, 9.17) is 16.7 Å². The molecule has 0 saturated carbocycles. The number of carboxylic acid groups (broad SMARTS) is 1. The smallest absolute Gasteiger partial charge is 0.309 e. The Morgan fingerprint density at radius 1 is 1.60 bits per heavy atom. The van der Waals surface area contributed by atoms with E-state index in [1.807, 2.05) is 0 Å². The molecule has 0 aromatic carbocycles. The molecule has 1 aromatic heterocycles. The summed E-state index contributed by atoms with van der Waals surface area (Å²) >= 11 is 7.06. The molecule has 6 heteroatoms. The van der Waals surface area contributed by atoms with Gasteiger partial charge in [0.25, 0.3) is 0 Å². The normalized spacial score (nSPS) is 25.3. The minimum absolute atomic E-state index is 0.0372. The molecule has 80 valence electrons. The molecule has 1 aliphatic heterocycles. The van der Waals surface area contributed by atoms with Crippen LogP contribution in [0.5, 0.6) is 0 Å². The number of nitrogens with one attached hydrogen (secondary N) is 1. The number of hydrogen-bond acceptors (Lipinski definition) is 3. The molecule has 2 rings (SSSR count). The Hall–Kier alpha value is -1.07. The Bertz CT molecular complexity index is 417. The summed E-state index contributed by atoms with van der Waals surface area (Å²) in [5.41, 5.74) is 0. The third-order valence-electron chi connectivity index (χ3n) is 2.34. The molecule has 0 aliphatic carbocycles. The van der Waals surface area contributed by atoms with E-state index < -0.39 is 17.9 Å². The van der Waals surface area contributed by atoms with Crippen LogP contribution in [0.15, 0.2) is 12.1 Å². The Labute approximate surface area is 94.9 Å². The van der Waals surface area contributed by atoms with Crippen LogP contribution >= 0.6 is 22.9 Å². The van der Waals surface area contributed by atoms with Crippen molar-refractivity contribution < 1.29 is 14.7 Å². The van der Waals surface area contributed by atoms with Crippen molar-refractivity contribution in [3.05, 3.63) is 21.3 Å². The zero-order valence-electron chi connectivity index (χ0n) is 7.57. The number of rotatable bonds is 2. The van der Waals surface area contributed by atoms with E-state index in [9.17, 15) is 9.59 Å². The van der Waals surface area contributed by atoms with Crippen LogP contribution in [0.4, 0.5) is 0 Å². The van der Waals surface area contributed by atoms with E-state index in [0.717, 1.165) is 4.88 Å². The monoisotopic (exact) mass is 245 g/mol. The van der Waals surface area contributed by atoms with Crippen LogP contribution in [0, 0.1) is 5.92 Å². The van der Waals surface area contributed by atoms with Crippen molar-refractivity contribution >= 4 is 34.8 Å². The maximum atomic E-state index is 11.1. The number of amides is 1. The van der Waals surface area contributed by atoms with Crippen LogP contribution in [0.1, 0.15) is 17.3 Å². The lowest BCUT2D eigenvalue weighted by atomic mass is 10.00. The zero-order chi connectivity index (χ0) is 11.0. The van der Waals surface area contributed by atoms with Gasteiger partial charge in [-0.25, -0.2) is 0 Å². The SMILES string of the molecule is O=C1CC(C(=O)O)C(c2ccc(Cl)s2)N1. The van der Waals surface area contributed by atoms with Crippen molar-refractivity contribution in [1.82, 2.24) is 5.32 Å². The lowest BCUT2D eigenvalue weighted by molar-refractivity contribution is -0.142. The lowest BCUT2D eigenvalue weighted by Crippen LogP contribution is -2.23. The predicted octanol–water partition coefficient (Wildman–Crippen LogP) is 1.66. The van der Waals surface area contributed by atoms with E-state index in [2.05, 4.69) is 5.32 Å². The van der Waals surface area contributed by atoms with Crippen molar-refractivity contribution in [2.24, 2.45) is 5.92 Å². The van der Waals surface area contributed by atoms with Gasteiger partial charge >= 0.3 is 5.97 Å². The molecule has 0 radical (unpaired) electrons. The van der Waals surface area contributed by atoms with Gasteiger partial charge in [0.15, 0.2) is 0 Å². The van der Waals surface area contributed by atoms with Gasteiger partial charge in [0.1, 0.15) is 0 Å². The second-order valence-corrected chi connectivity index (χ2v) is 5.08. The summed E-state index contributed by atoms with van der Waals surface area (Å²) in [6.45, 7) is 0. The molecule has 2 N–H and O–H groups in total. The molecule has 1 saturated heterocycles. The van der Waals surface area contributed by atoms with Crippen LogP contribution < -0.4 is 5.32 Å². The van der Waals surface area contributed by atoms with Crippen LogP contribution in [-0.2, 0) is 9.59 Å². The Morgan fingerprint density at radius 2 is 2.33 bits per heavy atom. The first kappa shape index (κ1) is 10.4. The Balaban J connectivity index is 2.27. The first-order valence-electron chi connectivity index (χ1n) is 4.35. The van der Waals surface area contributed by atoms with Crippen molar-refractivity contribution in [1.29, 1.82) is 0 Å². The maximum Gasteiger partial charge on any atom is 0.309 e. The van der Waals surface area contributed by atoms with E-state index in [1.54, 1.807) is 12.1 Å². The fourth-order valence-electron chi connectivity index (χ4n) is 1.65. The van der Waals surface area contributed by atoms with Gasteiger partial charge in [-0.15, -0.1) is 11.3 Å². The fraction of sp³-hybridized carbons (Fsp3) is 0.333. The highest BCUT2D eigenvalue weighted by atomic mass is 35.5. The molecule has 2 heterocycles. The zero-order valence-corrected chi connectivity index (χ0v) is 9.14. The van der Waals surface area contributed by atoms with Crippen molar-refractivity contribution in [3.63, 3.8) is 0 Å². The molecule has 2 atom stereocenters. The summed E-state index contributed by atoms with van der Waals surface area (Å²) in [6.07, 6.45) is 0.0372. The molecule has 15 heavy (non-hydrogen) atoms. The molecular formula is C9H8ClNO3S. The summed E-state index contributed by atoms with van der Waals surface area (Å²) < 4.78 is 0.593. The van der Waals surface area contributed by atoms with Gasteiger partial charge in [-0.3, -0.25) is 9.59 Å². The molecule has 0 bridgehead atoms. The Morgan fingerprint density at radius 3 is 2.87 bits per heavy atom. The van der Waals surface area contributed by atoms with E-state index in [0.29, 0.717) is 4.34 Å². The number of aliphatic carboxylic acids is 1. The minimum Gasteiger partial charge on any atom is -0.481 e. The average molecular weight is 246 g/mol. The number of carbonyl (C=O) groups is 2. The number of halogens is 1. The van der Waals surface area contributed by atoms with Crippen molar-refractivity contribution in [2.45, 2.75) is 12.5 Å². The van der Waals surface area contributed by atoms with Crippen LogP contribution in [-0.4, -0.2) is 17.0 Å². The summed E-state index contributed by atoms with van der Waals surface area (Å²) in [5.74, 6) is -1.87. The van der Waals surface area contributed by atoms with Gasteiger partial charge in [0.2, 0.25) is 5.91 Å². The van der Waals surface area contributed by atoms with Crippen LogP contribution in [0.2, 0.25) is 4.34 Å². The quantitative estimate of drug-likeness (QED) is 0.833. The molecular weight excluding hydrogens is 238 g/mol. The minimum atomic E-state index is -0.956. The van der Waals surface area contributed by atoms with Crippen LogP contribution in [0.25, 0.3) is 0 Å². The molecule has 4 nitrogen and oxygen atoms in total. The summed E-state index contributed by atoms with van der Waals surface area (Å²) in [5, 5.41) is 11.6. The highest BCUT2D eigenvalue weighted by Gasteiger charge is 2.39. The van der Waals surface area contributed by atoms with Gasteiger partial charge < -0.3 is 10.4 Å². The second kappa shape index (κ2) is 3.83. The lowest BCUT2D eigenvalue weighted by Gasteiger charge is -2.12. The topological polar surface area (TPSA) is 66.4 Å². The standard InChI is InChI=1S/C9H8ClNO3S/c10-6-2-1-5(15-6)8-4(9(13)14)3-7(12)11-8/h1-2,4,8H,3H2,(H,11,12)(H,13,14). The Kier molecular flexibility index (Phi) is 2.67. The van der Waals surface area contributed by atoms with E-state index >= 15 is 0 Å². The van der Waals surface area contributed by atoms with Gasteiger partial charge in [-0.05, 0) is 12.1 Å². The highest BCUT2D eigenvalue weighted by molar-refractivity contribution is 7.16. The highest BCUT2D eigenvalue weighted by Crippen LogP contribution is 2.35. The van der Waals surface area contributed by atoms with Gasteiger partial charge in [-0.2, -0.15) is 0 Å². The van der Waals surface area contributed by atoms with Crippen LogP contribution in [0.3, 0.4) is 0 Å². The molecule has 2 unspecified atom stereocenters. The number of hydrogen-bond donors (Lipinski definition) is 2.